The van der Waals surface area contributed by atoms with Gasteiger partial charge in [-0.05, 0) is 55.8 Å². The SMILES string of the molecule is CCOc1ccc(N2CC=C[C@]3(C)O[C@]45C=CCN(c6ccccc6Cl)C(=O)C4N([C@H](CO)c4ccccc4)C(=O)[C@@H]5[C@@H]3C2=O)cc1. The topological polar surface area (TPSA) is 99.6 Å². The largest absolute Gasteiger partial charge is 0.494 e. The molecule has 242 valence electrons. The molecule has 47 heavy (non-hydrogen) atoms. The Morgan fingerprint density at radius 1 is 0.872 bits per heavy atom. The van der Waals surface area contributed by atoms with Crippen molar-refractivity contribution in [1.29, 1.82) is 0 Å². The van der Waals surface area contributed by atoms with Crippen LogP contribution >= 0.6 is 11.6 Å². The molecule has 6 atom stereocenters. The van der Waals surface area contributed by atoms with Crippen LogP contribution < -0.4 is 14.5 Å². The van der Waals surface area contributed by atoms with E-state index in [1.165, 1.54) is 4.90 Å². The molecule has 4 heterocycles. The van der Waals surface area contributed by atoms with Crippen LogP contribution in [0.5, 0.6) is 5.75 Å². The van der Waals surface area contributed by atoms with Gasteiger partial charge >= 0.3 is 0 Å². The molecule has 4 aliphatic rings. The molecule has 2 saturated heterocycles. The lowest BCUT2D eigenvalue weighted by molar-refractivity contribution is -0.148. The molecular weight excluding hydrogens is 618 g/mol. The highest BCUT2D eigenvalue weighted by Gasteiger charge is 2.75. The molecule has 1 spiro atoms. The van der Waals surface area contributed by atoms with Gasteiger partial charge in [0.25, 0.3) is 5.91 Å². The number of para-hydroxylation sites is 1. The molecule has 3 aromatic rings. The van der Waals surface area contributed by atoms with E-state index in [0.717, 1.165) is 0 Å². The molecular formula is C37H36ClN3O6. The number of benzene rings is 3. The summed E-state index contributed by atoms with van der Waals surface area (Å²) in [5.41, 5.74) is -0.897. The third-order valence-corrected chi connectivity index (χ3v) is 10.1. The summed E-state index contributed by atoms with van der Waals surface area (Å²) in [4.78, 5) is 49.3. The van der Waals surface area contributed by atoms with Crippen LogP contribution in [-0.4, -0.2) is 71.3 Å². The highest BCUT2D eigenvalue weighted by Crippen LogP contribution is 2.59. The Morgan fingerprint density at radius 3 is 2.26 bits per heavy atom. The molecule has 4 aliphatic heterocycles. The Hall–Kier alpha value is -4.44. The fourth-order valence-electron chi connectivity index (χ4n) is 7.83. The van der Waals surface area contributed by atoms with Gasteiger partial charge in [-0.15, -0.1) is 0 Å². The standard InChI is InChI=1S/C37H36ClN3O6/c1-3-46-26-17-15-25(16-18-26)39-21-9-19-36(2)30(33(39)43)31-34(44)41(29(23-42)24-11-5-4-6-12-24)32-35(45)40(22-10-20-37(31,32)47-36)28-14-8-7-13-27(28)38/h4-20,29-32,42H,3,21-23H2,1-2H3/t29-,30-,31+,32?,36+,37+/m1/s1. The van der Waals surface area contributed by atoms with Crippen molar-refractivity contribution in [2.75, 3.05) is 36.1 Å². The molecule has 0 radical (unpaired) electrons. The molecule has 3 aromatic carbocycles. The van der Waals surface area contributed by atoms with Gasteiger partial charge in [0.15, 0.2) is 0 Å². The quantitative estimate of drug-likeness (QED) is 0.363. The fraction of sp³-hybridized carbons (Fsp3) is 0.324. The Balaban J connectivity index is 1.37. The minimum Gasteiger partial charge on any atom is -0.494 e. The van der Waals surface area contributed by atoms with Crippen molar-refractivity contribution in [1.82, 2.24) is 4.90 Å². The van der Waals surface area contributed by atoms with E-state index in [-0.39, 0.29) is 19.0 Å². The van der Waals surface area contributed by atoms with E-state index < -0.39 is 53.5 Å². The normalized spacial score (nSPS) is 28.9. The van der Waals surface area contributed by atoms with Crippen molar-refractivity contribution >= 4 is 40.7 Å². The number of hydrogen-bond donors (Lipinski definition) is 1. The zero-order valence-electron chi connectivity index (χ0n) is 26.2. The van der Waals surface area contributed by atoms with Crippen molar-refractivity contribution in [3.05, 3.63) is 114 Å². The number of carbonyl (C=O) groups is 3. The smallest absolute Gasteiger partial charge is 0.253 e. The first-order chi connectivity index (χ1) is 22.7. The van der Waals surface area contributed by atoms with Gasteiger partial charge in [0.1, 0.15) is 17.4 Å². The summed E-state index contributed by atoms with van der Waals surface area (Å²) in [6.07, 6.45) is 7.33. The molecule has 0 bridgehead atoms. The number of likely N-dealkylation sites (tertiary alicyclic amines) is 1. The fourth-order valence-corrected chi connectivity index (χ4v) is 8.07. The second-order valence-corrected chi connectivity index (χ2v) is 12.8. The predicted molar refractivity (Wildman–Crippen MR) is 178 cm³/mol. The minimum atomic E-state index is -1.51. The van der Waals surface area contributed by atoms with Crippen molar-refractivity contribution in [3.63, 3.8) is 0 Å². The second-order valence-electron chi connectivity index (χ2n) is 12.4. The molecule has 0 saturated carbocycles. The molecule has 0 aliphatic carbocycles. The lowest BCUT2D eigenvalue weighted by Crippen LogP contribution is -2.57. The third kappa shape index (κ3) is 4.87. The summed E-state index contributed by atoms with van der Waals surface area (Å²) in [6, 6.07) is 21.4. The summed E-state index contributed by atoms with van der Waals surface area (Å²) in [7, 11) is 0. The second kappa shape index (κ2) is 12.0. The van der Waals surface area contributed by atoms with Gasteiger partial charge in [-0.1, -0.05) is 78.4 Å². The van der Waals surface area contributed by atoms with Crippen molar-refractivity contribution < 1.29 is 29.0 Å². The van der Waals surface area contributed by atoms with Crippen LogP contribution in [0.15, 0.2) is 103 Å². The Morgan fingerprint density at radius 2 is 1.55 bits per heavy atom. The number of aliphatic hydroxyl groups is 1. The van der Waals surface area contributed by atoms with E-state index >= 15 is 0 Å². The van der Waals surface area contributed by atoms with E-state index in [4.69, 9.17) is 21.1 Å². The molecule has 9 nitrogen and oxygen atoms in total. The summed E-state index contributed by atoms with van der Waals surface area (Å²) in [6.45, 7) is 4.25. The maximum absolute atomic E-state index is 15.0. The lowest BCUT2D eigenvalue weighted by atomic mass is 9.74. The number of aliphatic hydroxyl groups excluding tert-OH is 1. The van der Waals surface area contributed by atoms with Crippen LogP contribution in [0.2, 0.25) is 5.02 Å². The number of ether oxygens (including phenoxy) is 2. The average Bonchev–Trinajstić information content (AvgIpc) is 3.34. The van der Waals surface area contributed by atoms with Crippen LogP contribution in [0.1, 0.15) is 25.5 Å². The zero-order chi connectivity index (χ0) is 32.9. The monoisotopic (exact) mass is 653 g/mol. The molecule has 7 rings (SSSR count). The molecule has 10 heteroatoms. The van der Waals surface area contributed by atoms with Gasteiger partial charge < -0.3 is 29.3 Å². The van der Waals surface area contributed by atoms with Gasteiger partial charge in [0, 0.05) is 18.8 Å². The molecule has 0 aromatic heterocycles. The number of rotatable bonds is 7. The molecule has 2 fully saturated rings. The zero-order valence-corrected chi connectivity index (χ0v) is 26.9. The highest BCUT2D eigenvalue weighted by molar-refractivity contribution is 6.34. The lowest BCUT2D eigenvalue weighted by Gasteiger charge is -2.40. The molecule has 3 amide bonds. The number of halogens is 1. The summed E-state index contributed by atoms with van der Waals surface area (Å²) in [5.74, 6) is -2.46. The Labute approximate surface area is 278 Å². The number of anilines is 2. The highest BCUT2D eigenvalue weighted by atomic mass is 35.5. The first kappa shape index (κ1) is 31.2. The first-order valence-electron chi connectivity index (χ1n) is 15.9. The van der Waals surface area contributed by atoms with E-state index in [1.54, 1.807) is 40.1 Å². The average molecular weight is 654 g/mol. The predicted octanol–water partition coefficient (Wildman–Crippen LogP) is 4.95. The van der Waals surface area contributed by atoms with Crippen molar-refractivity contribution in [3.8, 4) is 5.75 Å². The number of hydrogen-bond acceptors (Lipinski definition) is 6. The van der Waals surface area contributed by atoms with Crippen LogP contribution in [-0.2, 0) is 19.1 Å². The van der Waals surface area contributed by atoms with E-state index in [9.17, 15) is 19.5 Å². The van der Waals surface area contributed by atoms with Crippen LogP contribution in [0.3, 0.4) is 0 Å². The number of amides is 3. The molecule has 1 N–H and O–H groups in total. The van der Waals surface area contributed by atoms with Gasteiger partial charge in [0.2, 0.25) is 11.8 Å². The summed E-state index contributed by atoms with van der Waals surface area (Å²) in [5, 5.41) is 11.2. The van der Waals surface area contributed by atoms with Gasteiger partial charge in [-0.25, -0.2) is 0 Å². The van der Waals surface area contributed by atoms with Crippen LogP contribution in [0, 0.1) is 11.8 Å². The van der Waals surface area contributed by atoms with Crippen LogP contribution in [0.25, 0.3) is 0 Å². The van der Waals surface area contributed by atoms with Crippen molar-refractivity contribution in [2.45, 2.75) is 37.1 Å². The maximum Gasteiger partial charge on any atom is 0.253 e. The third-order valence-electron chi connectivity index (χ3n) is 9.79. The van der Waals surface area contributed by atoms with Gasteiger partial charge in [-0.2, -0.15) is 0 Å². The summed E-state index contributed by atoms with van der Waals surface area (Å²) < 4.78 is 12.6. The van der Waals surface area contributed by atoms with Crippen LogP contribution in [0.4, 0.5) is 11.4 Å². The Kier molecular flexibility index (Phi) is 7.94. The van der Waals surface area contributed by atoms with E-state index in [2.05, 4.69) is 0 Å². The maximum atomic E-state index is 15.0. The number of carbonyl (C=O) groups excluding carboxylic acids is 3. The summed E-state index contributed by atoms with van der Waals surface area (Å²) >= 11 is 6.60. The number of nitrogens with zero attached hydrogens (tertiary/aromatic N) is 3. The van der Waals surface area contributed by atoms with Gasteiger partial charge in [0.05, 0.1) is 47.4 Å². The Bertz CT molecular complexity index is 1760. The number of fused-ring (bicyclic) bond motifs is 2. The van der Waals surface area contributed by atoms with Gasteiger partial charge in [-0.3, -0.25) is 14.4 Å². The van der Waals surface area contributed by atoms with Crippen molar-refractivity contribution in [2.24, 2.45) is 11.8 Å². The van der Waals surface area contributed by atoms with E-state index in [1.807, 2.05) is 86.7 Å². The first-order valence-corrected chi connectivity index (χ1v) is 16.3. The minimum absolute atomic E-state index is 0.178. The van der Waals surface area contributed by atoms with E-state index in [0.29, 0.717) is 34.3 Å². The molecule has 1 unspecified atom stereocenters.